The van der Waals surface area contributed by atoms with Crippen LogP contribution in [0.25, 0.3) is 11.2 Å². The van der Waals surface area contributed by atoms with E-state index in [1.807, 2.05) is 6.07 Å². The predicted molar refractivity (Wildman–Crippen MR) is 104 cm³/mol. The summed E-state index contributed by atoms with van der Waals surface area (Å²) in [6.45, 7) is -0.443. The molecule has 0 radical (unpaired) electrons. The van der Waals surface area contributed by atoms with Gasteiger partial charge in [-0.1, -0.05) is 42.1 Å². The van der Waals surface area contributed by atoms with E-state index >= 15 is 0 Å². The molecule has 2 aromatic heterocycles. The number of ether oxygens (including phenoxy) is 1. The summed E-state index contributed by atoms with van der Waals surface area (Å²) in [6, 6.07) is 8.90. The van der Waals surface area contributed by atoms with Gasteiger partial charge in [-0.25, -0.2) is 9.97 Å². The molecule has 152 valence electrons. The molecule has 1 saturated heterocycles. The van der Waals surface area contributed by atoms with Crippen LogP contribution in [-0.2, 0) is 4.74 Å². The third-order valence-electron chi connectivity index (χ3n) is 4.63. The topological polar surface area (TPSA) is 157 Å². The zero-order chi connectivity index (χ0) is 20.5. The van der Waals surface area contributed by atoms with Crippen molar-refractivity contribution in [3.05, 3.63) is 42.2 Å². The third-order valence-corrected chi connectivity index (χ3v) is 5.60. The van der Waals surface area contributed by atoms with Gasteiger partial charge in [0.25, 0.3) is 0 Å². The monoisotopic (exact) mass is 417 g/mol. The SMILES string of the molecule is Nc1nc(SCC(=O)c2ccccc2)c2ncn(C3OC(CO)C(O)C3O)c2n1. The molecule has 5 N–H and O–H groups in total. The number of aliphatic hydroxyl groups is 3. The van der Waals surface area contributed by atoms with Crippen molar-refractivity contribution in [2.45, 2.75) is 29.6 Å². The molecule has 1 fully saturated rings. The van der Waals surface area contributed by atoms with Crippen LogP contribution >= 0.6 is 11.8 Å². The van der Waals surface area contributed by atoms with Crippen LogP contribution in [0.1, 0.15) is 16.6 Å². The minimum Gasteiger partial charge on any atom is -0.394 e. The zero-order valence-corrected chi connectivity index (χ0v) is 15.9. The number of rotatable bonds is 6. The number of Topliss-reactive ketones (excluding diaryl/α,β-unsaturated/α-hetero) is 1. The van der Waals surface area contributed by atoms with Crippen molar-refractivity contribution in [3.8, 4) is 0 Å². The Balaban J connectivity index is 1.61. The maximum atomic E-state index is 12.4. The fourth-order valence-electron chi connectivity index (χ4n) is 3.14. The van der Waals surface area contributed by atoms with Crippen molar-refractivity contribution in [1.29, 1.82) is 0 Å². The molecule has 4 unspecified atom stereocenters. The van der Waals surface area contributed by atoms with E-state index < -0.39 is 31.1 Å². The van der Waals surface area contributed by atoms with Gasteiger partial charge in [0.15, 0.2) is 17.7 Å². The molecule has 10 nitrogen and oxygen atoms in total. The average Bonchev–Trinajstić information content (AvgIpc) is 3.27. The van der Waals surface area contributed by atoms with Crippen LogP contribution in [0.5, 0.6) is 0 Å². The predicted octanol–water partition coefficient (Wildman–Crippen LogP) is -0.00500. The van der Waals surface area contributed by atoms with Gasteiger partial charge in [-0.15, -0.1) is 0 Å². The van der Waals surface area contributed by atoms with Crippen LogP contribution in [0.3, 0.4) is 0 Å². The largest absolute Gasteiger partial charge is 0.394 e. The number of nitrogens with zero attached hydrogens (tertiary/aromatic N) is 4. The lowest BCUT2D eigenvalue weighted by atomic mass is 10.1. The van der Waals surface area contributed by atoms with E-state index in [-0.39, 0.29) is 17.5 Å². The number of aliphatic hydroxyl groups excluding tert-OH is 3. The summed E-state index contributed by atoms with van der Waals surface area (Å²) in [5.74, 6) is 0.0421. The number of hydrogen-bond acceptors (Lipinski definition) is 10. The van der Waals surface area contributed by atoms with Gasteiger partial charge in [-0.2, -0.15) is 4.98 Å². The highest BCUT2D eigenvalue weighted by Crippen LogP contribution is 2.33. The van der Waals surface area contributed by atoms with Crippen LogP contribution < -0.4 is 5.73 Å². The molecule has 29 heavy (non-hydrogen) atoms. The van der Waals surface area contributed by atoms with Crippen molar-refractivity contribution in [3.63, 3.8) is 0 Å². The lowest BCUT2D eigenvalue weighted by Gasteiger charge is -2.16. The Morgan fingerprint density at radius 1 is 1.21 bits per heavy atom. The first kappa shape index (κ1) is 19.7. The molecule has 1 aliphatic rings. The molecular formula is C18H19N5O5S. The van der Waals surface area contributed by atoms with E-state index in [1.165, 1.54) is 22.7 Å². The van der Waals surface area contributed by atoms with E-state index in [9.17, 15) is 20.1 Å². The lowest BCUT2D eigenvalue weighted by molar-refractivity contribution is -0.0511. The van der Waals surface area contributed by atoms with Crippen molar-refractivity contribution in [2.24, 2.45) is 0 Å². The Morgan fingerprint density at radius 3 is 2.66 bits per heavy atom. The van der Waals surface area contributed by atoms with E-state index in [0.717, 1.165) is 0 Å². The number of carbonyl (C=O) groups excluding carboxylic acids is 1. The second kappa shape index (κ2) is 8.05. The molecule has 0 bridgehead atoms. The van der Waals surface area contributed by atoms with Crippen LogP contribution in [0, 0.1) is 0 Å². The number of nitrogen functional groups attached to an aromatic ring is 1. The summed E-state index contributed by atoms with van der Waals surface area (Å²) in [5.41, 5.74) is 7.11. The first-order valence-electron chi connectivity index (χ1n) is 8.83. The summed E-state index contributed by atoms with van der Waals surface area (Å²) in [5, 5.41) is 30.0. The molecule has 11 heteroatoms. The van der Waals surface area contributed by atoms with Gasteiger partial charge < -0.3 is 25.8 Å². The Bertz CT molecular complexity index is 1030. The summed E-state index contributed by atoms with van der Waals surface area (Å²) >= 11 is 1.18. The molecule has 3 heterocycles. The number of anilines is 1. The Hall–Kier alpha value is -2.57. The van der Waals surface area contributed by atoms with Gasteiger partial charge >= 0.3 is 0 Å². The van der Waals surface area contributed by atoms with Gasteiger partial charge in [0, 0.05) is 5.56 Å². The number of imidazole rings is 1. The summed E-state index contributed by atoms with van der Waals surface area (Å²) in [7, 11) is 0. The average molecular weight is 417 g/mol. The standard InChI is InChI=1S/C18H19N5O5S/c19-18-21-15-12(16(22-18)29-7-10(25)9-4-2-1-3-5-9)20-8-23(15)17-14(27)13(26)11(6-24)28-17/h1-5,8,11,13-14,17,24,26-27H,6-7H2,(H2,19,21,22). The highest BCUT2D eigenvalue weighted by molar-refractivity contribution is 8.00. The van der Waals surface area contributed by atoms with Gasteiger partial charge in [0.1, 0.15) is 28.9 Å². The van der Waals surface area contributed by atoms with Crippen LogP contribution in [-0.4, -0.2) is 71.3 Å². The first-order chi connectivity index (χ1) is 14.0. The fraction of sp³-hybridized carbons (Fsp3) is 0.333. The molecule has 1 aromatic carbocycles. The number of hydrogen-bond donors (Lipinski definition) is 4. The van der Waals surface area contributed by atoms with Crippen molar-refractivity contribution in [1.82, 2.24) is 19.5 Å². The third kappa shape index (κ3) is 3.70. The van der Waals surface area contributed by atoms with E-state index in [2.05, 4.69) is 15.0 Å². The lowest BCUT2D eigenvalue weighted by Crippen LogP contribution is -2.33. The summed E-state index contributed by atoms with van der Waals surface area (Å²) < 4.78 is 6.96. The molecule has 0 amide bonds. The number of ketones is 1. The second-order valence-corrected chi connectivity index (χ2v) is 7.48. The van der Waals surface area contributed by atoms with Gasteiger partial charge in [-0.3, -0.25) is 9.36 Å². The zero-order valence-electron chi connectivity index (χ0n) is 15.1. The molecule has 4 atom stereocenters. The molecule has 0 spiro atoms. The highest BCUT2D eigenvalue weighted by Gasteiger charge is 2.44. The second-order valence-electron chi connectivity index (χ2n) is 6.52. The van der Waals surface area contributed by atoms with Gasteiger partial charge in [0.05, 0.1) is 18.7 Å². The Morgan fingerprint density at radius 2 is 1.97 bits per heavy atom. The number of fused-ring (bicyclic) bond motifs is 1. The summed E-state index contributed by atoms with van der Waals surface area (Å²) in [6.07, 6.45) is -3.06. The molecule has 3 aromatic rings. The van der Waals surface area contributed by atoms with Gasteiger partial charge in [0.2, 0.25) is 5.95 Å². The van der Waals surface area contributed by atoms with Gasteiger partial charge in [-0.05, 0) is 0 Å². The van der Waals surface area contributed by atoms with E-state index in [4.69, 9.17) is 10.5 Å². The van der Waals surface area contributed by atoms with E-state index in [0.29, 0.717) is 21.8 Å². The maximum absolute atomic E-state index is 12.4. The maximum Gasteiger partial charge on any atom is 0.223 e. The quantitative estimate of drug-likeness (QED) is 0.244. The minimum absolute atomic E-state index is 0.0272. The molecule has 0 saturated carbocycles. The van der Waals surface area contributed by atoms with Crippen molar-refractivity contribution < 1.29 is 24.9 Å². The normalized spacial score (nSPS) is 24.2. The molecule has 0 aliphatic carbocycles. The smallest absolute Gasteiger partial charge is 0.223 e. The van der Waals surface area contributed by atoms with Crippen LogP contribution in [0.2, 0.25) is 0 Å². The van der Waals surface area contributed by atoms with Crippen molar-refractivity contribution >= 4 is 34.7 Å². The number of thioether (sulfide) groups is 1. The highest BCUT2D eigenvalue weighted by atomic mass is 32.2. The fourth-order valence-corrected chi connectivity index (χ4v) is 4.02. The number of nitrogens with two attached hydrogens (primary N) is 1. The Labute approximate surface area is 169 Å². The van der Waals surface area contributed by atoms with Crippen molar-refractivity contribution in [2.75, 3.05) is 18.1 Å². The molecule has 4 rings (SSSR count). The summed E-state index contributed by atoms with van der Waals surface area (Å²) in [4.78, 5) is 25.0. The van der Waals surface area contributed by atoms with Crippen LogP contribution in [0.15, 0.2) is 41.7 Å². The number of aromatic nitrogens is 4. The number of benzene rings is 1. The molecule has 1 aliphatic heterocycles. The van der Waals surface area contributed by atoms with Crippen LogP contribution in [0.4, 0.5) is 5.95 Å². The number of carbonyl (C=O) groups is 1. The Kier molecular flexibility index (Phi) is 5.48. The first-order valence-corrected chi connectivity index (χ1v) is 9.81. The minimum atomic E-state index is -1.28. The molecular weight excluding hydrogens is 398 g/mol. The van der Waals surface area contributed by atoms with E-state index in [1.54, 1.807) is 24.3 Å².